The highest BCUT2D eigenvalue weighted by Crippen LogP contribution is 2.34. The Morgan fingerprint density at radius 3 is 2.49 bits per heavy atom. The summed E-state index contributed by atoms with van der Waals surface area (Å²) in [5.41, 5.74) is 1.25. The van der Waals surface area contributed by atoms with Gasteiger partial charge < -0.3 is 18.9 Å². The zero-order valence-electron chi connectivity index (χ0n) is 27.0. The summed E-state index contributed by atoms with van der Waals surface area (Å²) in [6.07, 6.45) is 3.77. The first-order valence-electron chi connectivity index (χ1n) is 16.0. The largest absolute Gasteiger partial charge is 0.481 e. The van der Waals surface area contributed by atoms with E-state index in [1.165, 1.54) is 42.9 Å². The standard InChI is InChI=1S/C34H35FN6O6S2/c1-22-17-38(18-23(2)47-22)29(42)20-39-19-28(40-13-6-14-49(40,44)45)41-33(43)31(46-21-25-7-4-3-5-8-25)30(37-34(39)41)32-36-16-27(48-32)15-24-9-11-26(35)12-10-24/h3-5,7-12,16,19,22-23H,6,13-15,17-18,20-21H2,1-2H3/t22-,23-/m0/s1. The number of amides is 1. The third-order valence-electron chi connectivity index (χ3n) is 8.49. The minimum Gasteiger partial charge on any atom is -0.481 e. The van der Waals surface area contributed by atoms with Crippen LogP contribution in [0.15, 0.2) is 71.8 Å². The summed E-state index contributed by atoms with van der Waals surface area (Å²) >= 11 is 1.31. The third-order valence-corrected chi connectivity index (χ3v) is 11.3. The van der Waals surface area contributed by atoms with Gasteiger partial charge in [-0.15, -0.1) is 11.3 Å². The number of thiazole rings is 1. The van der Waals surface area contributed by atoms with Crippen molar-refractivity contribution in [2.75, 3.05) is 29.7 Å². The van der Waals surface area contributed by atoms with E-state index in [0.29, 0.717) is 30.9 Å². The molecule has 0 aliphatic carbocycles. The summed E-state index contributed by atoms with van der Waals surface area (Å²) in [6.45, 7) is 4.67. The van der Waals surface area contributed by atoms with Gasteiger partial charge in [-0.1, -0.05) is 42.5 Å². The Kier molecular flexibility index (Phi) is 8.98. The molecule has 2 aromatic carbocycles. The van der Waals surface area contributed by atoms with Crippen molar-refractivity contribution in [2.45, 2.75) is 52.0 Å². The van der Waals surface area contributed by atoms with Crippen LogP contribution in [0.3, 0.4) is 0 Å². The molecule has 2 aliphatic heterocycles. The third kappa shape index (κ3) is 6.82. The summed E-state index contributed by atoms with van der Waals surface area (Å²) in [7, 11) is -3.71. The minimum atomic E-state index is -3.71. The number of benzene rings is 2. The minimum absolute atomic E-state index is 0.0502. The van der Waals surface area contributed by atoms with Gasteiger partial charge in [-0.05, 0) is 43.5 Å². The maximum absolute atomic E-state index is 14.5. The molecule has 0 saturated carbocycles. The van der Waals surface area contributed by atoms with Crippen LogP contribution in [0.2, 0.25) is 0 Å². The quantitative estimate of drug-likeness (QED) is 0.224. The normalized spacial score (nSPS) is 19.1. The van der Waals surface area contributed by atoms with Crippen molar-refractivity contribution in [3.05, 3.63) is 99.2 Å². The van der Waals surface area contributed by atoms with Crippen molar-refractivity contribution in [1.82, 2.24) is 23.8 Å². The topological polar surface area (TPSA) is 128 Å². The molecule has 2 aliphatic rings. The van der Waals surface area contributed by atoms with E-state index in [2.05, 4.69) is 4.98 Å². The summed E-state index contributed by atoms with van der Waals surface area (Å²) in [5.74, 6) is -0.522. The van der Waals surface area contributed by atoms with Gasteiger partial charge in [-0.2, -0.15) is 0 Å². The highest BCUT2D eigenvalue weighted by molar-refractivity contribution is 7.93. The average Bonchev–Trinajstić information content (AvgIpc) is 3.78. The molecule has 5 heterocycles. The first kappa shape index (κ1) is 32.9. The molecule has 0 unspecified atom stereocenters. The van der Waals surface area contributed by atoms with Crippen LogP contribution in [-0.4, -0.2) is 75.8 Å². The molecule has 3 aromatic heterocycles. The fourth-order valence-electron chi connectivity index (χ4n) is 6.27. The van der Waals surface area contributed by atoms with Crippen LogP contribution in [0.1, 0.15) is 36.3 Å². The molecule has 2 fully saturated rings. The highest BCUT2D eigenvalue weighted by atomic mass is 32.2. The number of anilines is 1. The molecule has 0 N–H and O–H groups in total. The monoisotopic (exact) mass is 706 g/mol. The van der Waals surface area contributed by atoms with E-state index in [0.717, 1.165) is 16.0 Å². The van der Waals surface area contributed by atoms with Crippen molar-refractivity contribution in [3.63, 3.8) is 0 Å². The maximum Gasteiger partial charge on any atom is 0.303 e. The predicted molar refractivity (Wildman–Crippen MR) is 183 cm³/mol. The lowest BCUT2D eigenvalue weighted by Gasteiger charge is -2.35. The van der Waals surface area contributed by atoms with Gasteiger partial charge in [0.1, 0.15) is 29.8 Å². The summed E-state index contributed by atoms with van der Waals surface area (Å²) < 4.78 is 55.8. The van der Waals surface area contributed by atoms with Gasteiger partial charge in [0.15, 0.2) is 5.69 Å². The zero-order chi connectivity index (χ0) is 34.3. The smallest absolute Gasteiger partial charge is 0.303 e. The summed E-state index contributed by atoms with van der Waals surface area (Å²) in [5, 5.41) is 0.407. The van der Waals surface area contributed by atoms with Gasteiger partial charge in [0.2, 0.25) is 27.5 Å². The highest BCUT2D eigenvalue weighted by Gasteiger charge is 2.34. The van der Waals surface area contributed by atoms with Gasteiger partial charge >= 0.3 is 5.56 Å². The average molecular weight is 707 g/mol. The summed E-state index contributed by atoms with van der Waals surface area (Å²) in [6, 6.07) is 15.5. The molecular formula is C34H35FN6O6S2. The number of ether oxygens (including phenoxy) is 2. The number of imidazole rings is 1. The van der Waals surface area contributed by atoms with Crippen LogP contribution in [0.25, 0.3) is 16.5 Å². The van der Waals surface area contributed by atoms with Crippen LogP contribution in [0.5, 0.6) is 5.75 Å². The first-order valence-corrected chi connectivity index (χ1v) is 18.4. The van der Waals surface area contributed by atoms with Crippen LogP contribution in [-0.2, 0) is 39.1 Å². The molecule has 12 nitrogen and oxygen atoms in total. The van der Waals surface area contributed by atoms with Crippen molar-refractivity contribution in [1.29, 1.82) is 0 Å². The molecule has 0 bridgehead atoms. The number of nitrogens with zero attached hydrogens (tertiary/aromatic N) is 6. The van der Waals surface area contributed by atoms with Gasteiger partial charge in [-0.25, -0.2) is 27.2 Å². The lowest BCUT2D eigenvalue weighted by molar-refractivity contribution is -0.143. The van der Waals surface area contributed by atoms with Crippen LogP contribution in [0, 0.1) is 5.82 Å². The number of halogens is 1. The van der Waals surface area contributed by atoms with Gasteiger partial charge in [-0.3, -0.25) is 13.9 Å². The first-order chi connectivity index (χ1) is 23.6. The number of morpholine rings is 1. The van der Waals surface area contributed by atoms with E-state index in [1.54, 1.807) is 23.2 Å². The second kappa shape index (κ2) is 13.4. The number of hydrogen-bond donors (Lipinski definition) is 0. The number of aromatic nitrogens is 4. The second-order valence-electron chi connectivity index (χ2n) is 12.4. The lowest BCUT2D eigenvalue weighted by Crippen LogP contribution is -2.49. The van der Waals surface area contributed by atoms with Crippen molar-refractivity contribution >= 4 is 38.9 Å². The number of carbonyl (C=O) groups excluding carboxylic acids is 1. The zero-order valence-corrected chi connectivity index (χ0v) is 28.6. The van der Waals surface area contributed by atoms with E-state index in [9.17, 15) is 22.4 Å². The van der Waals surface area contributed by atoms with Gasteiger partial charge in [0.05, 0.1) is 24.2 Å². The molecule has 0 spiro atoms. The lowest BCUT2D eigenvalue weighted by atomic mass is 10.1. The van der Waals surface area contributed by atoms with Gasteiger partial charge in [0, 0.05) is 37.1 Å². The second-order valence-corrected chi connectivity index (χ2v) is 15.5. The number of carbonyl (C=O) groups is 1. The van der Waals surface area contributed by atoms with E-state index in [1.807, 2.05) is 44.2 Å². The molecule has 7 rings (SSSR count). The van der Waals surface area contributed by atoms with Crippen LogP contribution in [0.4, 0.5) is 10.2 Å². The van der Waals surface area contributed by atoms with Gasteiger partial charge in [0.25, 0.3) is 0 Å². The Morgan fingerprint density at radius 2 is 1.80 bits per heavy atom. The van der Waals surface area contributed by atoms with Crippen LogP contribution >= 0.6 is 11.3 Å². The van der Waals surface area contributed by atoms with Crippen molar-refractivity contribution < 1.29 is 27.1 Å². The Balaban J connectivity index is 1.35. The molecule has 0 radical (unpaired) electrons. The van der Waals surface area contributed by atoms with E-state index < -0.39 is 15.6 Å². The molecule has 1 amide bonds. The Morgan fingerprint density at radius 1 is 1.06 bits per heavy atom. The van der Waals surface area contributed by atoms with Crippen molar-refractivity contribution in [2.24, 2.45) is 0 Å². The van der Waals surface area contributed by atoms with E-state index in [-0.39, 0.29) is 72.4 Å². The molecule has 49 heavy (non-hydrogen) atoms. The molecule has 2 saturated heterocycles. The van der Waals surface area contributed by atoms with Crippen LogP contribution < -0.4 is 14.6 Å². The fraction of sp³-hybridized carbons (Fsp3) is 0.353. The molecule has 256 valence electrons. The Hall–Kier alpha value is -4.60. The van der Waals surface area contributed by atoms with E-state index >= 15 is 0 Å². The maximum atomic E-state index is 14.5. The number of rotatable bonds is 9. The summed E-state index contributed by atoms with van der Waals surface area (Å²) in [4.78, 5) is 40.3. The molecule has 2 atom stereocenters. The molecule has 5 aromatic rings. The predicted octanol–water partition coefficient (Wildman–Crippen LogP) is 4.10. The SMILES string of the molecule is C[C@H]1CN(C(=O)Cn2cc(N3CCCS3(=O)=O)n3c(=O)c(OCc4ccccc4)c(-c4ncc(Cc5ccc(F)cc5)s4)nc23)C[C@H](C)O1. The van der Waals surface area contributed by atoms with E-state index in [4.69, 9.17) is 14.5 Å². The number of sulfonamides is 1. The molecule has 15 heteroatoms. The molecular weight excluding hydrogens is 672 g/mol. The Labute approximate surface area is 286 Å². The number of fused-ring (bicyclic) bond motifs is 1. The fourth-order valence-corrected chi connectivity index (χ4v) is 8.74. The Bertz CT molecular complexity index is 2160. The van der Waals surface area contributed by atoms with Crippen molar-refractivity contribution in [3.8, 4) is 16.5 Å². The number of hydrogen-bond acceptors (Lipinski definition) is 9.